The SMILES string of the molecule is CC(=O)Nc1ccc(S(=O)(=O)Oc2ccc(Cl)cc2CN(Cc2ccc(F)cc2)C(=O)NC(C)C)cc1. The number of rotatable bonds is 9. The maximum absolute atomic E-state index is 13.4. The zero-order valence-electron chi connectivity index (χ0n) is 20.5. The summed E-state index contributed by atoms with van der Waals surface area (Å²) in [5.41, 5.74) is 1.47. The van der Waals surface area contributed by atoms with Gasteiger partial charge in [0.05, 0.1) is 6.54 Å². The molecule has 196 valence electrons. The molecule has 2 N–H and O–H groups in total. The Morgan fingerprint density at radius 1 is 1.00 bits per heavy atom. The molecule has 0 fully saturated rings. The Kier molecular flexibility index (Phi) is 9.12. The average molecular weight is 548 g/mol. The molecule has 3 rings (SSSR count). The van der Waals surface area contributed by atoms with Gasteiger partial charge in [-0.25, -0.2) is 9.18 Å². The minimum Gasteiger partial charge on any atom is -0.379 e. The number of nitrogens with one attached hydrogen (secondary N) is 2. The molecule has 0 heterocycles. The number of benzene rings is 3. The topological polar surface area (TPSA) is 105 Å². The number of urea groups is 1. The molecule has 0 aliphatic carbocycles. The summed E-state index contributed by atoms with van der Waals surface area (Å²) in [7, 11) is -4.25. The fourth-order valence-corrected chi connectivity index (χ4v) is 4.54. The van der Waals surface area contributed by atoms with Gasteiger partial charge < -0.3 is 19.7 Å². The van der Waals surface area contributed by atoms with Crippen LogP contribution in [0.5, 0.6) is 5.75 Å². The number of halogens is 2. The molecule has 0 saturated heterocycles. The lowest BCUT2D eigenvalue weighted by Gasteiger charge is -2.25. The van der Waals surface area contributed by atoms with Crippen molar-refractivity contribution < 1.29 is 26.6 Å². The van der Waals surface area contributed by atoms with Gasteiger partial charge in [-0.1, -0.05) is 23.7 Å². The highest BCUT2D eigenvalue weighted by Gasteiger charge is 2.22. The van der Waals surface area contributed by atoms with Gasteiger partial charge in [0, 0.05) is 35.8 Å². The second kappa shape index (κ2) is 12.1. The van der Waals surface area contributed by atoms with E-state index in [4.69, 9.17) is 15.8 Å². The summed E-state index contributed by atoms with van der Waals surface area (Å²) < 4.78 is 44.8. The lowest BCUT2D eigenvalue weighted by Crippen LogP contribution is -2.42. The van der Waals surface area contributed by atoms with Crippen LogP contribution in [0.25, 0.3) is 0 Å². The molecular weight excluding hydrogens is 521 g/mol. The van der Waals surface area contributed by atoms with Crippen molar-refractivity contribution in [2.75, 3.05) is 5.32 Å². The van der Waals surface area contributed by atoms with Gasteiger partial charge in [-0.3, -0.25) is 4.79 Å². The van der Waals surface area contributed by atoms with E-state index in [9.17, 15) is 22.4 Å². The number of hydrogen-bond donors (Lipinski definition) is 2. The van der Waals surface area contributed by atoms with Crippen LogP contribution in [0.2, 0.25) is 5.02 Å². The van der Waals surface area contributed by atoms with Gasteiger partial charge in [-0.2, -0.15) is 8.42 Å². The van der Waals surface area contributed by atoms with Crippen molar-refractivity contribution in [1.29, 1.82) is 0 Å². The highest BCUT2D eigenvalue weighted by atomic mass is 35.5. The van der Waals surface area contributed by atoms with E-state index in [2.05, 4.69) is 10.6 Å². The highest BCUT2D eigenvalue weighted by molar-refractivity contribution is 7.87. The Morgan fingerprint density at radius 2 is 1.65 bits per heavy atom. The van der Waals surface area contributed by atoms with Gasteiger partial charge in [0.1, 0.15) is 16.5 Å². The zero-order valence-corrected chi connectivity index (χ0v) is 22.1. The lowest BCUT2D eigenvalue weighted by molar-refractivity contribution is -0.114. The minimum atomic E-state index is -4.25. The lowest BCUT2D eigenvalue weighted by atomic mass is 10.1. The monoisotopic (exact) mass is 547 g/mol. The van der Waals surface area contributed by atoms with Crippen LogP contribution in [0.4, 0.5) is 14.9 Å². The maximum Gasteiger partial charge on any atom is 0.339 e. The Hall–Kier alpha value is -3.63. The number of hydrogen-bond acceptors (Lipinski definition) is 5. The van der Waals surface area contributed by atoms with Crippen LogP contribution in [0.3, 0.4) is 0 Å². The first-order chi connectivity index (χ1) is 17.4. The van der Waals surface area contributed by atoms with Crippen LogP contribution in [-0.4, -0.2) is 31.3 Å². The summed E-state index contributed by atoms with van der Waals surface area (Å²) in [6.07, 6.45) is 0. The summed E-state index contributed by atoms with van der Waals surface area (Å²) in [5, 5.41) is 5.70. The smallest absolute Gasteiger partial charge is 0.339 e. The van der Waals surface area contributed by atoms with E-state index < -0.39 is 22.0 Å². The summed E-state index contributed by atoms with van der Waals surface area (Å²) in [6, 6.07) is 15.1. The summed E-state index contributed by atoms with van der Waals surface area (Å²) in [4.78, 5) is 25.5. The molecule has 3 aromatic rings. The summed E-state index contributed by atoms with van der Waals surface area (Å²) in [6.45, 7) is 5.05. The molecule has 0 aromatic heterocycles. The van der Waals surface area contributed by atoms with Crippen molar-refractivity contribution >= 4 is 39.3 Å². The van der Waals surface area contributed by atoms with E-state index in [0.717, 1.165) is 0 Å². The van der Waals surface area contributed by atoms with Crippen LogP contribution in [0.15, 0.2) is 71.6 Å². The fraction of sp³-hybridized carbons (Fsp3) is 0.231. The van der Waals surface area contributed by atoms with Crippen molar-refractivity contribution in [3.05, 3.63) is 88.7 Å². The van der Waals surface area contributed by atoms with Crippen molar-refractivity contribution in [2.24, 2.45) is 0 Å². The molecule has 0 aliphatic rings. The average Bonchev–Trinajstić information content (AvgIpc) is 2.81. The second-order valence-electron chi connectivity index (χ2n) is 8.58. The Morgan fingerprint density at radius 3 is 2.24 bits per heavy atom. The number of anilines is 1. The van der Waals surface area contributed by atoms with Crippen LogP contribution >= 0.6 is 11.6 Å². The fourth-order valence-electron chi connectivity index (χ4n) is 3.38. The molecule has 3 aromatic carbocycles. The number of amides is 3. The van der Waals surface area contributed by atoms with Crippen LogP contribution < -0.4 is 14.8 Å². The Balaban J connectivity index is 1.89. The van der Waals surface area contributed by atoms with E-state index in [1.165, 1.54) is 66.4 Å². The van der Waals surface area contributed by atoms with Crippen LogP contribution in [0, 0.1) is 5.82 Å². The van der Waals surface area contributed by atoms with Gasteiger partial charge in [-0.05, 0) is 74.0 Å². The molecule has 0 aliphatic heterocycles. The Bertz CT molecular complexity index is 1360. The molecular formula is C26H27ClFN3O5S. The molecule has 11 heteroatoms. The predicted molar refractivity (Wildman–Crippen MR) is 139 cm³/mol. The zero-order chi connectivity index (χ0) is 27.2. The molecule has 0 radical (unpaired) electrons. The van der Waals surface area contributed by atoms with Gasteiger partial charge in [0.25, 0.3) is 0 Å². The number of carbonyl (C=O) groups excluding carboxylic acids is 2. The third-order valence-corrected chi connectivity index (χ3v) is 6.52. The van der Waals surface area contributed by atoms with Gasteiger partial charge in [0.2, 0.25) is 5.91 Å². The van der Waals surface area contributed by atoms with E-state index in [-0.39, 0.29) is 35.7 Å². The molecule has 3 amide bonds. The normalized spacial score (nSPS) is 11.2. The molecule has 0 spiro atoms. The first-order valence-corrected chi connectivity index (χ1v) is 13.1. The van der Waals surface area contributed by atoms with Crippen LogP contribution in [0.1, 0.15) is 31.9 Å². The highest BCUT2D eigenvalue weighted by Crippen LogP contribution is 2.28. The van der Waals surface area contributed by atoms with Crippen molar-refractivity contribution in [3.8, 4) is 5.75 Å². The minimum absolute atomic E-state index is 0.00297. The molecule has 0 bridgehead atoms. The first-order valence-electron chi connectivity index (χ1n) is 11.3. The van der Waals surface area contributed by atoms with E-state index >= 15 is 0 Å². The number of nitrogens with zero attached hydrogens (tertiary/aromatic N) is 1. The third kappa shape index (κ3) is 8.19. The second-order valence-corrected chi connectivity index (χ2v) is 10.6. The standard InChI is InChI=1S/C26H27ClFN3O5S/c1-17(2)29-26(33)31(15-19-4-7-22(28)8-5-19)16-20-14-21(27)6-13-25(20)36-37(34,35)24-11-9-23(10-12-24)30-18(3)32/h4-14,17H,15-16H2,1-3H3,(H,29,33)(H,30,32). The van der Waals surface area contributed by atoms with Gasteiger partial charge >= 0.3 is 16.1 Å². The van der Waals surface area contributed by atoms with E-state index in [1.807, 2.05) is 13.8 Å². The first kappa shape index (κ1) is 27.9. The van der Waals surface area contributed by atoms with E-state index in [1.54, 1.807) is 12.1 Å². The predicted octanol–water partition coefficient (Wildman–Crippen LogP) is 5.33. The summed E-state index contributed by atoms with van der Waals surface area (Å²) >= 11 is 6.19. The largest absolute Gasteiger partial charge is 0.379 e. The maximum atomic E-state index is 13.4. The quantitative estimate of drug-likeness (QED) is 0.352. The van der Waals surface area contributed by atoms with Crippen molar-refractivity contribution in [2.45, 2.75) is 44.8 Å². The number of carbonyl (C=O) groups is 2. The van der Waals surface area contributed by atoms with Gasteiger partial charge in [-0.15, -0.1) is 0 Å². The van der Waals surface area contributed by atoms with Crippen molar-refractivity contribution in [3.63, 3.8) is 0 Å². The summed E-state index contributed by atoms with van der Waals surface area (Å²) in [5.74, 6) is -0.691. The van der Waals surface area contributed by atoms with Crippen molar-refractivity contribution in [1.82, 2.24) is 10.2 Å². The molecule has 0 saturated carbocycles. The van der Waals surface area contributed by atoms with Gasteiger partial charge in [0.15, 0.2) is 0 Å². The molecule has 0 atom stereocenters. The molecule has 37 heavy (non-hydrogen) atoms. The molecule has 0 unspecified atom stereocenters. The van der Waals surface area contributed by atoms with Crippen LogP contribution in [-0.2, 0) is 28.0 Å². The molecule has 8 nitrogen and oxygen atoms in total. The third-order valence-electron chi connectivity index (χ3n) is 5.03. The van der Waals surface area contributed by atoms with E-state index in [0.29, 0.717) is 21.8 Å². The Labute approximate surface area is 220 Å².